The van der Waals surface area contributed by atoms with Gasteiger partial charge in [0.1, 0.15) is 11.5 Å². The summed E-state index contributed by atoms with van der Waals surface area (Å²) in [5.74, 6) is 1.50. The van der Waals surface area contributed by atoms with Gasteiger partial charge in [-0.15, -0.1) is 0 Å². The SMILES string of the molecule is Cc1ccc(CN(C)C(=O)[C@H]2CCO[C@@H]2c2cnn(-c3ccccc3)c2)o1. The number of carbonyl (C=O) groups excluding carboxylic acids is 1. The summed E-state index contributed by atoms with van der Waals surface area (Å²) in [6.45, 7) is 2.93. The lowest BCUT2D eigenvalue weighted by Gasteiger charge is -2.23. The van der Waals surface area contributed by atoms with Gasteiger partial charge in [0.2, 0.25) is 5.91 Å². The van der Waals surface area contributed by atoms with E-state index in [0.717, 1.165) is 22.8 Å². The van der Waals surface area contributed by atoms with E-state index >= 15 is 0 Å². The number of amides is 1. The molecule has 1 aliphatic rings. The minimum atomic E-state index is -0.268. The summed E-state index contributed by atoms with van der Waals surface area (Å²) in [4.78, 5) is 14.7. The largest absolute Gasteiger partial charge is 0.464 e. The van der Waals surface area contributed by atoms with E-state index in [1.54, 1.807) is 11.1 Å². The van der Waals surface area contributed by atoms with Crippen LogP contribution in [0.3, 0.4) is 0 Å². The number of hydrogen-bond acceptors (Lipinski definition) is 4. The van der Waals surface area contributed by atoms with Gasteiger partial charge < -0.3 is 14.1 Å². The summed E-state index contributed by atoms with van der Waals surface area (Å²) >= 11 is 0. The first-order valence-corrected chi connectivity index (χ1v) is 9.14. The van der Waals surface area contributed by atoms with Crippen molar-refractivity contribution in [3.8, 4) is 5.69 Å². The standard InChI is InChI=1S/C21H23N3O3/c1-15-8-9-18(27-15)14-23(2)21(25)19-10-11-26-20(19)16-12-22-24(13-16)17-6-4-3-5-7-17/h3-9,12-13,19-20H,10-11,14H2,1-2H3/t19-,20+/m0/s1. The van der Waals surface area contributed by atoms with Crippen LogP contribution in [-0.4, -0.2) is 34.2 Å². The second-order valence-electron chi connectivity index (χ2n) is 6.95. The fourth-order valence-corrected chi connectivity index (χ4v) is 3.54. The second-order valence-corrected chi connectivity index (χ2v) is 6.95. The van der Waals surface area contributed by atoms with Crippen LogP contribution in [0.25, 0.3) is 5.69 Å². The molecule has 1 fully saturated rings. The van der Waals surface area contributed by atoms with Crippen molar-refractivity contribution in [2.45, 2.75) is 26.0 Å². The van der Waals surface area contributed by atoms with E-state index in [4.69, 9.17) is 9.15 Å². The van der Waals surface area contributed by atoms with Crippen LogP contribution in [0.4, 0.5) is 0 Å². The van der Waals surface area contributed by atoms with Gasteiger partial charge in [0, 0.05) is 25.4 Å². The fraction of sp³-hybridized carbons (Fsp3) is 0.333. The van der Waals surface area contributed by atoms with Gasteiger partial charge in [-0.3, -0.25) is 4.79 Å². The van der Waals surface area contributed by atoms with E-state index in [9.17, 15) is 4.79 Å². The maximum atomic E-state index is 13.0. The Morgan fingerprint density at radius 1 is 1.26 bits per heavy atom. The number of para-hydroxylation sites is 1. The number of aryl methyl sites for hydroxylation is 1. The molecule has 2 aromatic heterocycles. The minimum Gasteiger partial charge on any atom is -0.464 e. The van der Waals surface area contributed by atoms with Crippen molar-refractivity contribution in [2.75, 3.05) is 13.7 Å². The normalized spacial score (nSPS) is 19.3. The van der Waals surface area contributed by atoms with Crippen LogP contribution >= 0.6 is 0 Å². The summed E-state index contributed by atoms with van der Waals surface area (Å²) in [5, 5.41) is 4.44. The van der Waals surface area contributed by atoms with Gasteiger partial charge in [0.25, 0.3) is 0 Å². The number of furan rings is 1. The molecule has 0 bridgehead atoms. The molecule has 6 nitrogen and oxygen atoms in total. The topological polar surface area (TPSA) is 60.5 Å². The summed E-state index contributed by atoms with van der Waals surface area (Å²) < 4.78 is 13.3. The molecule has 2 atom stereocenters. The van der Waals surface area contributed by atoms with Gasteiger partial charge in [0.05, 0.1) is 30.5 Å². The van der Waals surface area contributed by atoms with Crippen molar-refractivity contribution < 1.29 is 13.9 Å². The quantitative estimate of drug-likeness (QED) is 0.694. The Bertz CT molecular complexity index is 916. The molecule has 1 amide bonds. The van der Waals surface area contributed by atoms with E-state index in [2.05, 4.69) is 5.10 Å². The number of aromatic nitrogens is 2. The van der Waals surface area contributed by atoms with Gasteiger partial charge >= 0.3 is 0 Å². The molecule has 3 aromatic rings. The van der Waals surface area contributed by atoms with Gasteiger partial charge in [-0.2, -0.15) is 5.10 Å². The number of rotatable bonds is 5. The molecule has 0 unspecified atom stereocenters. The van der Waals surface area contributed by atoms with E-state index in [-0.39, 0.29) is 17.9 Å². The lowest BCUT2D eigenvalue weighted by Crippen LogP contribution is -2.33. The van der Waals surface area contributed by atoms with Crippen LogP contribution in [0.5, 0.6) is 0 Å². The average Bonchev–Trinajstić information content (AvgIpc) is 3.42. The lowest BCUT2D eigenvalue weighted by atomic mass is 9.96. The van der Waals surface area contributed by atoms with Gasteiger partial charge in [-0.25, -0.2) is 4.68 Å². The number of nitrogens with zero attached hydrogens (tertiary/aromatic N) is 3. The van der Waals surface area contributed by atoms with Crippen LogP contribution in [0.2, 0.25) is 0 Å². The second kappa shape index (κ2) is 7.40. The number of hydrogen-bond donors (Lipinski definition) is 0. The Morgan fingerprint density at radius 3 is 2.81 bits per heavy atom. The van der Waals surface area contributed by atoms with Crippen LogP contribution in [0, 0.1) is 12.8 Å². The minimum absolute atomic E-state index is 0.0685. The van der Waals surface area contributed by atoms with Crippen LogP contribution in [-0.2, 0) is 16.1 Å². The number of ether oxygens (including phenoxy) is 1. The highest BCUT2D eigenvalue weighted by Gasteiger charge is 2.37. The average molecular weight is 365 g/mol. The van der Waals surface area contributed by atoms with Gasteiger partial charge in [-0.1, -0.05) is 18.2 Å². The third-order valence-corrected chi connectivity index (χ3v) is 4.93. The number of benzene rings is 1. The van der Waals surface area contributed by atoms with E-state index in [0.29, 0.717) is 19.6 Å². The molecule has 4 rings (SSSR count). The summed E-state index contributed by atoms with van der Waals surface area (Å²) in [6, 6.07) is 13.7. The molecule has 3 heterocycles. The molecule has 0 N–H and O–H groups in total. The van der Waals surface area contributed by atoms with Crippen molar-refractivity contribution in [3.63, 3.8) is 0 Å². The van der Waals surface area contributed by atoms with Gasteiger partial charge in [0.15, 0.2) is 0 Å². The first-order valence-electron chi connectivity index (χ1n) is 9.14. The third kappa shape index (κ3) is 3.66. The molecular weight excluding hydrogens is 342 g/mol. The number of carbonyl (C=O) groups is 1. The molecule has 0 aliphatic carbocycles. The maximum absolute atomic E-state index is 13.0. The molecule has 0 saturated carbocycles. The van der Waals surface area contributed by atoms with Crippen molar-refractivity contribution in [1.29, 1.82) is 0 Å². The van der Waals surface area contributed by atoms with Gasteiger partial charge in [-0.05, 0) is 37.6 Å². The Balaban J connectivity index is 1.48. The Labute approximate surface area is 158 Å². The third-order valence-electron chi connectivity index (χ3n) is 4.93. The van der Waals surface area contributed by atoms with Crippen molar-refractivity contribution in [2.24, 2.45) is 5.92 Å². The maximum Gasteiger partial charge on any atom is 0.228 e. The van der Waals surface area contributed by atoms with E-state index in [1.165, 1.54) is 0 Å². The summed E-state index contributed by atoms with van der Waals surface area (Å²) in [5.41, 5.74) is 1.91. The Hall–Kier alpha value is -2.86. The van der Waals surface area contributed by atoms with Crippen molar-refractivity contribution >= 4 is 5.91 Å². The molecule has 1 aliphatic heterocycles. The first kappa shape index (κ1) is 17.5. The molecule has 1 aromatic carbocycles. The lowest BCUT2D eigenvalue weighted by molar-refractivity contribution is -0.136. The zero-order chi connectivity index (χ0) is 18.8. The van der Waals surface area contributed by atoms with Crippen molar-refractivity contribution in [3.05, 3.63) is 71.9 Å². The Kier molecular flexibility index (Phi) is 4.81. The Morgan fingerprint density at radius 2 is 2.07 bits per heavy atom. The summed E-state index contributed by atoms with van der Waals surface area (Å²) in [7, 11) is 1.81. The van der Waals surface area contributed by atoms with Crippen LogP contribution in [0.15, 0.2) is 59.3 Å². The molecule has 27 heavy (non-hydrogen) atoms. The molecule has 140 valence electrons. The molecule has 0 radical (unpaired) electrons. The molecule has 6 heteroatoms. The predicted molar refractivity (Wildman–Crippen MR) is 100 cm³/mol. The molecular formula is C21H23N3O3. The zero-order valence-electron chi connectivity index (χ0n) is 15.5. The highest BCUT2D eigenvalue weighted by Crippen LogP contribution is 2.36. The molecule has 1 saturated heterocycles. The summed E-state index contributed by atoms with van der Waals surface area (Å²) in [6.07, 6.45) is 4.18. The first-order chi connectivity index (χ1) is 13.1. The van der Waals surface area contributed by atoms with E-state index < -0.39 is 0 Å². The monoisotopic (exact) mass is 365 g/mol. The molecule has 0 spiro atoms. The smallest absolute Gasteiger partial charge is 0.228 e. The zero-order valence-corrected chi connectivity index (χ0v) is 15.5. The van der Waals surface area contributed by atoms with Crippen LogP contribution in [0.1, 0.15) is 29.6 Å². The highest BCUT2D eigenvalue weighted by atomic mass is 16.5. The predicted octanol–water partition coefficient (Wildman–Crippen LogP) is 3.51. The van der Waals surface area contributed by atoms with Crippen molar-refractivity contribution in [1.82, 2.24) is 14.7 Å². The van der Waals surface area contributed by atoms with E-state index in [1.807, 2.05) is 67.3 Å². The fourth-order valence-electron chi connectivity index (χ4n) is 3.54. The highest BCUT2D eigenvalue weighted by molar-refractivity contribution is 5.79. The van der Waals surface area contributed by atoms with Crippen LogP contribution < -0.4 is 0 Å².